The van der Waals surface area contributed by atoms with Gasteiger partial charge in [-0.3, -0.25) is 10.1 Å². The number of unbranched alkanes of at least 4 members (excludes halogenated alkanes) is 1. The summed E-state index contributed by atoms with van der Waals surface area (Å²) in [6, 6.07) is 4.87. The second-order valence-electron chi connectivity index (χ2n) is 6.44. The summed E-state index contributed by atoms with van der Waals surface area (Å²) in [6.45, 7) is 9.53. The molecule has 1 aromatic carbocycles. The molecule has 136 valence electrons. The van der Waals surface area contributed by atoms with E-state index in [9.17, 15) is 10.1 Å². The smallest absolute Gasteiger partial charge is 0.314 e. The SMILES string of the molecule is CCCCC(CC)COc1ccc(OCC(C)CC)c([N+](=O)[O-])c1. The van der Waals surface area contributed by atoms with Gasteiger partial charge in [0.1, 0.15) is 5.75 Å². The number of hydrogen-bond donors (Lipinski definition) is 0. The van der Waals surface area contributed by atoms with Crippen LogP contribution in [0.1, 0.15) is 59.8 Å². The Morgan fingerprint density at radius 1 is 1.12 bits per heavy atom. The molecule has 0 radical (unpaired) electrons. The summed E-state index contributed by atoms with van der Waals surface area (Å²) in [5.41, 5.74) is -0.0302. The maximum atomic E-state index is 11.3. The lowest BCUT2D eigenvalue weighted by Crippen LogP contribution is -2.12. The normalized spacial score (nSPS) is 13.3. The Labute approximate surface area is 145 Å². The second kappa shape index (κ2) is 10.9. The quantitative estimate of drug-likeness (QED) is 0.367. The van der Waals surface area contributed by atoms with Gasteiger partial charge in [-0.05, 0) is 30.4 Å². The fraction of sp³-hybridized carbons (Fsp3) is 0.684. The van der Waals surface area contributed by atoms with Crippen LogP contribution >= 0.6 is 0 Å². The highest BCUT2D eigenvalue weighted by atomic mass is 16.6. The lowest BCUT2D eigenvalue weighted by Gasteiger charge is -2.16. The molecule has 0 aromatic heterocycles. The molecule has 0 bridgehead atoms. The molecular weight excluding hydrogens is 306 g/mol. The Morgan fingerprint density at radius 2 is 1.88 bits per heavy atom. The van der Waals surface area contributed by atoms with E-state index in [4.69, 9.17) is 9.47 Å². The van der Waals surface area contributed by atoms with Gasteiger partial charge in [0.15, 0.2) is 5.75 Å². The monoisotopic (exact) mass is 337 g/mol. The zero-order valence-corrected chi connectivity index (χ0v) is 15.4. The lowest BCUT2D eigenvalue weighted by atomic mass is 10.0. The van der Waals surface area contributed by atoms with E-state index in [-0.39, 0.29) is 5.69 Å². The number of benzene rings is 1. The second-order valence-corrected chi connectivity index (χ2v) is 6.44. The first-order valence-corrected chi connectivity index (χ1v) is 9.05. The molecule has 24 heavy (non-hydrogen) atoms. The van der Waals surface area contributed by atoms with Crippen LogP contribution in [-0.4, -0.2) is 18.1 Å². The summed E-state index contributed by atoms with van der Waals surface area (Å²) in [5, 5.41) is 11.3. The average Bonchev–Trinajstić information content (AvgIpc) is 2.59. The molecule has 0 aliphatic rings. The summed E-state index contributed by atoms with van der Waals surface area (Å²) in [5.74, 6) is 1.70. The fourth-order valence-corrected chi connectivity index (χ4v) is 2.31. The minimum atomic E-state index is -0.410. The van der Waals surface area contributed by atoms with E-state index >= 15 is 0 Å². The minimum Gasteiger partial charge on any atom is -0.493 e. The Bertz CT molecular complexity index is 504. The van der Waals surface area contributed by atoms with Gasteiger partial charge in [-0.15, -0.1) is 0 Å². The Kier molecular flexibility index (Phi) is 9.20. The molecule has 0 saturated carbocycles. The van der Waals surface area contributed by atoms with Gasteiger partial charge in [-0.2, -0.15) is 0 Å². The molecule has 1 aromatic rings. The number of rotatable bonds is 12. The van der Waals surface area contributed by atoms with Crippen LogP contribution in [0.25, 0.3) is 0 Å². The number of nitrogens with zero attached hydrogens (tertiary/aromatic N) is 1. The van der Waals surface area contributed by atoms with E-state index in [1.165, 1.54) is 18.9 Å². The van der Waals surface area contributed by atoms with Crippen molar-refractivity contribution in [2.45, 2.75) is 59.8 Å². The van der Waals surface area contributed by atoms with E-state index in [1.807, 2.05) is 0 Å². The third-order valence-corrected chi connectivity index (χ3v) is 4.38. The molecule has 0 aliphatic heterocycles. The van der Waals surface area contributed by atoms with E-state index in [0.717, 1.165) is 19.3 Å². The molecule has 0 N–H and O–H groups in total. The third kappa shape index (κ3) is 6.77. The van der Waals surface area contributed by atoms with E-state index in [0.29, 0.717) is 36.5 Å². The van der Waals surface area contributed by atoms with Crippen molar-refractivity contribution < 1.29 is 14.4 Å². The van der Waals surface area contributed by atoms with Gasteiger partial charge in [0.2, 0.25) is 0 Å². The maximum absolute atomic E-state index is 11.3. The standard InChI is InChI=1S/C19H31NO4/c1-5-8-9-16(7-3)14-23-17-10-11-19(18(12-17)20(21)22)24-13-15(4)6-2/h10-12,15-16H,5-9,13-14H2,1-4H3. The molecule has 2 atom stereocenters. The van der Waals surface area contributed by atoms with Crippen molar-refractivity contribution >= 4 is 5.69 Å². The van der Waals surface area contributed by atoms with Crippen molar-refractivity contribution in [3.63, 3.8) is 0 Å². The minimum absolute atomic E-state index is 0.0302. The van der Waals surface area contributed by atoms with Crippen LogP contribution in [0, 0.1) is 22.0 Å². The van der Waals surface area contributed by atoms with E-state index < -0.39 is 4.92 Å². The first kappa shape index (κ1) is 20.3. The Hall–Kier alpha value is -1.78. The highest BCUT2D eigenvalue weighted by Crippen LogP contribution is 2.32. The van der Waals surface area contributed by atoms with Crippen molar-refractivity contribution in [3.05, 3.63) is 28.3 Å². The van der Waals surface area contributed by atoms with Crippen LogP contribution in [0.15, 0.2) is 18.2 Å². The highest BCUT2D eigenvalue weighted by Gasteiger charge is 2.18. The average molecular weight is 337 g/mol. The lowest BCUT2D eigenvalue weighted by molar-refractivity contribution is -0.386. The predicted octanol–water partition coefficient (Wildman–Crippen LogP) is 5.61. The van der Waals surface area contributed by atoms with Crippen LogP contribution < -0.4 is 9.47 Å². The molecular formula is C19H31NO4. The molecule has 0 saturated heterocycles. The topological polar surface area (TPSA) is 61.6 Å². The van der Waals surface area contributed by atoms with Crippen LogP contribution in [0.4, 0.5) is 5.69 Å². The van der Waals surface area contributed by atoms with Gasteiger partial charge in [0.05, 0.1) is 24.2 Å². The Morgan fingerprint density at radius 3 is 2.46 bits per heavy atom. The van der Waals surface area contributed by atoms with Gasteiger partial charge < -0.3 is 9.47 Å². The zero-order valence-electron chi connectivity index (χ0n) is 15.4. The molecule has 5 nitrogen and oxygen atoms in total. The summed E-state index contributed by atoms with van der Waals surface area (Å²) < 4.78 is 11.4. The van der Waals surface area contributed by atoms with Crippen molar-refractivity contribution in [2.75, 3.05) is 13.2 Å². The number of nitro benzene ring substituents is 1. The first-order valence-electron chi connectivity index (χ1n) is 9.05. The molecule has 0 spiro atoms. The molecule has 5 heteroatoms. The van der Waals surface area contributed by atoms with E-state index in [2.05, 4.69) is 27.7 Å². The molecule has 2 unspecified atom stereocenters. The van der Waals surface area contributed by atoms with Crippen LogP contribution in [-0.2, 0) is 0 Å². The first-order chi connectivity index (χ1) is 11.5. The van der Waals surface area contributed by atoms with Crippen molar-refractivity contribution in [3.8, 4) is 11.5 Å². The number of nitro groups is 1. The van der Waals surface area contributed by atoms with E-state index in [1.54, 1.807) is 12.1 Å². The van der Waals surface area contributed by atoms with Gasteiger partial charge in [0, 0.05) is 0 Å². The summed E-state index contributed by atoms with van der Waals surface area (Å²) >= 11 is 0. The fourth-order valence-electron chi connectivity index (χ4n) is 2.31. The third-order valence-electron chi connectivity index (χ3n) is 4.38. The van der Waals surface area contributed by atoms with Gasteiger partial charge in [-0.25, -0.2) is 0 Å². The molecule has 0 amide bonds. The molecule has 0 aliphatic carbocycles. The zero-order chi connectivity index (χ0) is 17.9. The number of ether oxygens (including phenoxy) is 2. The summed E-state index contributed by atoms with van der Waals surface area (Å²) in [4.78, 5) is 10.9. The molecule has 0 heterocycles. The van der Waals surface area contributed by atoms with Gasteiger partial charge in [-0.1, -0.05) is 53.4 Å². The number of hydrogen-bond acceptors (Lipinski definition) is 4. The summed E-state index contributed by atoms with van der Waals surface area (Å²) in [7, 11) is 0. The van der Waals surface area contributed by atoms with Gasteiger partial charge in [0.25, 0.3) is 0 Å². The van der Waals surface area contributed by atoms with Gasteiger partial charge >= 0.3 is 5.69 Å². The largest absolute Gasteiger partial charge is 0.493 e. The van der Waals surface area contributed by atoms with Crippen molar-refractivity contribution in [2.24, 2.45) is 11.8 Å². The molecule has 0 fully saturated rings. The van der Waals surface area contributed by atoms with Crippen molar-refractivity contribution in [1.29, 1.82) is 0 Å². The van der Waals surface area contributed by atoms with Crippen molar-refractivity contribution in [1.82, 2.24) is 0 Å². The predicted molar refractivity (Wildman–Crippen MR) is 96.8 cm³/mol. The summed E-state index contributed by atoms with van der Waals surface area (Å²) in [6.07, 6.45) is 5.52. The van der Waals surface area contributed by atoms with Crippen LogP contribution in [0.5, 0.6) is 11.5 Å². The maximum Gasteiger partial charge on any atom is 0.314 e. The molecule has 1 rings (SSSR count). The highest BCUT2D eigenvalue weighted by molar-refractivity contribution is 5.50. The Balaban J connectivity index is 2.72. The van der Waals surface area contributed by atoms with Crippen LogP contribution in [0.3, 0.4) is 0 Å². The van der Waals surface area contributed by atoms with Crippen LogP contribution in [0.2, 0.25) is 0 Å².